The molecule has 0 fully saturated rings. The van der Waals surface area contributed by atoms with Crippen LogP contribution in [0.1, 0.15) is 52.9 Å². The minimum absolute atomic E-state index is 0.225. The van der Waals surface area contributed by atoms with Gasteiger partial charge in [0.2, 0.25) is 0 Å². The van der Waals surface area contributed by atoms with Crippen molar-refractivity contribution in [1.29, 1.82) is 0 Å². The topological polar surface area (TPSA) is 40.5 Å². The maximum absolute atomic E-state index is 10.8. The number of rotatable bonds is 10. The van der Waals surface area contributed by atoms with E-state index in [0.717, 1.165) is 38.8 Å². The molecule has 0 radical (unpaired) electrons. The predicted molar refractivity (Wildman–Crippen MR) is 67.6 cm³/mol. The highest BCUT2D eigenvalue weighted by Gasteiger charge is 2.13. The van der Waals surface area contributed by atoms with Gasteiger partial charge >= 0.3 is 0 Å². The van der Waals surface area contributed by atoms with Gasteiger partial charge in [-0.05, 0) is 39.2 Å². The Morgan fingerprint density at radius 2 is 1.81 bits per heavy atom. The molecule has 0 aromatic rings. The standard InChI is InChI=1S/C13H27NO2/c1-4-13(5-2)14(10-11-15)9-7-6-8-12(3)16/h13,15H,4-11H2,1-3H3. The zero-order chi connectivity index (χ0) is 12.4. The molecule has 3 nitrogen and oxygen atoms in total. The Balaban J connectivity index is 3.87. The van der Waals surface area contributed by atoms with Gasteiger partial charge in [-0.1, -0.05) is 13.8 Å². The quantitative estimate of drug-likeness (QED) is 0.584. The van der Waals surface area contributed by atoms with Crippen molar-refractivity contribution >= 4 is 5.78 Å². The summed E-state index contributed by atoms with van der Waals surface area (Å²) in [5.74, 6) is 0.274. The van der Waals surface area contributed by atoms with Gasteiger partial charge in [0.05, 0.1) is 6.61 Å². The molecule has 0 rings (SSSR count). The summed E-state index contributed by atoms with van der Waals surface area (Å²) in [5.41, 5.74) is 0. The van der Waals surface area contributed by atoms with Gasteiger partial charge in [-0.15, -0.1) is 0 Å². The molecule has 0 atom stereocenters. The van der Waals surface area contributed by atoms with Crippen molar-refractivity contribution in [1.82, 2.24) is 4.90 Å². The van der Waals surface area contributed by atoms with E-state index in [1.165, 1.54) is 0 Å². The monoisotopic (exact) mass is 229 g/mol. The van der Waals surface area contributed by atoms with Crippen LogP contribution >= 0.6 is 0 Å². The van der Waals surface area contributed by atoms with E-state index in [1.54, 1.807) is 6.92 Å². The summed E-state index contributed by atoms with van der Waals surface area (Å²) in [6.07, 6.45) is 4.97. The Morgan fingerprint density at radius 1 is 1.19 bits per heavy atom. The molecule has 3 heteroatoms. The molecular formula is C13H27NO2. The van der Waals surface area contributed by atoms with E-state index in [4.69, 9.17) is 5.11 Å². The van der Waals surface area contributed by atoms with Crippen molar-refractivity contribution in [3.8, 4) is 0 Å². The molecule has 0 aromatic carbocycles. The Hall–Kier alpha value is -0.410. The fraction of sp³-hybridized carbons (Fsp3) is 0.923. The molecule has 1 N–H and O–H groups in total. The molecule has 0 aliphatic heterocycles. The molecule has 0 unspecified atom stereocenters. The molecule has 0 saturated carbocycles. The second-order valence-electron chi connectivity index (χ2n) is 4.39. The van der Waals surface area contributed by atoms with Crippen LogP contribution in [0.25, 0.3) is 0 Å². The smallest absolute Gasteiger partial charge is 0.129 e. The number of carbonyl (C=O) groups is 1. The number of carbonyl (C=O) groups excluding carboxylic acids is 1. The average molecular weight is 229 g/mol. The van der Waals surface area contributed by atoms with E-state index in [2.05, 4.69) is 18.7 Å². The number of aliphatic hydroxyl groups excluding tert-OH is 1. The number of nitrogens with zero attached hydrogens (tertiary/aromatic N) is 1. The largest absolute Gasteiger partial charge is 0.395 e. The summed E-state index contributed by atoms with van der Waals surface area (Å²) in [5, 5.41) is 9.03. The number of hydrogen-bond donors (Lipinski definition) is 1. The van der Waals surface area contributed by atoms with Crippen molar-refractivity contribution in [3.63, 3.8) is 0 Å². The summed E-state index contributed by atoms with van der Waals surface area (Å²) in [6, 6.07) is 0.574. The van der Waals surface area contributed by atoms with Crippen LogP contribution in [0.2, 0.25) is 0 Å². The fourth-order valence-electron chi connectivity index (χ4n) is 2.10. The van der Waals surface area contributed by atoms with Crippen LogP contribution in [-0.2, 0) is 4.79 Å². The molecule has 0 saturated heterocycles. The van der Waals surface area contributed by atoms with Crippen LogP contribution in [0.3, 0.4) is 0 Å². The predicted octanol–water partition coefficient (Wildman–Crippen LogP) is 2.23. The maximum atomic E-state index is 10.8. The van der Waals surface area contributed by atoms with E-state index in [0.29, 0.717) is 12.5 Å². The maximum Gasteiger partial charge on any atom is 0.129 e. The van der Waals surface area contributed by atoms with Gasteiger partial charge < -0.3 is 9.90 Å². The minimum atomic E-state index is 0.225. The highest BCUT2D eigenvalue weighted by atomic mass is 16.3. The number of hydrogen-bond acceptors (Lipinski definition) is 3. The molecule has 0 amide bonds. The van der Waals surface area contributed by atoms with Crippen molar-refractivity contribution in [2.75, 3.05) is 19.7 Å². The number of aliphatic hydroxyl groups is 1. The molecule has 0 aliphatic carbocycles. The highest BCUT2D eigenvalue weighted by molar-refractivity contribution is 5.75. The highest BCUT2D eigenvalue weighted by Crippen LogP contribution is 2.10. The second kappa shape index (κ2) is 9.79. The molecular weight excluding hydrogens is 202 g/mol. The number of unbranched alkanes of at least 4 members (excludes halogenated alkanes) is 1. The minimum Gasteiger partial charge on any atom is -0.395 e. The van der Waals surface area contributed by atoms with Gasteiger partial charge in [0.15, 0.2) is 0 Å². The number of Topliss-reactive ketones (excluding diaryl/α,β-unsaturated/α-hetero) is 1. The summed E-state index contributed by atoms with van der Waals surface area (Å²) < 4.78 is 0. The second-order valence-corrected chi connectivity index (χ2v) is 4.39. The van der Waals surface area contributed by atoms with Crippen molar-refractivity contribution < 1.29 is 9.90 Å². The van der Waals surface area contributed by atoms with E-state index in [1.807, 2.05) is 0 Å². The average Bonchev–Trinajstić information content (AvgIpc) is 2.25. The van der Waals surface area contributed by atoms with Crippen molar-refractivity contribution in [3.05, 3.63) is 0 Å². The number of ketones is 1. The lowest BCUT2D eigenvalue weighted by molar-refractivity contribution is -0.117. The van der Waals surface area contributed by atoms with Gasteiger partial charge in [0, 0.05) is 19.0 Å². The van der Waals surface area contributed by atoms with Gasteiger partial charge in [0.1, 0.15) is 5.78 Å². The van der Waals surface area contributed by atoms with Crippen LogP contribution in [0.4, 0.5) is 0 Å². The zero-order valence-corrected chi connectivity index (χ0v) is 11.0. The van der Waals surface area contributed by atoms with E-state index in [-0.39, 0.29) is 12.4 Å². The van der Waals surface area contributed by atoms with Crippen molar-refractivity contribution in [2.45, 2.75) is 58.9 Å². The molecule has 16 heavy (non-hydrogen) atoms. The van der Waals surface area contributed by atoms with Crippen molar-refractivity contribution in [2.24, 2.45) is 0 Å². The molecule has 0 bridgehead atoms. The molecule has 0 aromatic heterocycles. The SMILES string of the molecule is CCC(CC)N(CCO)CCCCC(C)=O. The van der Waals surface area contributed by atoms with Gasteiger partial charge in [-0.2, -0.15) is 0 Å². The Kier molecular flexibility index (Phi) is 9.54. The summed E-state index contributed by atoms with van der Waals surface area (Å²) in [6.45, 7) is 8.00. The Bertz CT molecular complexity index is 179. The molecule has 0 heterocycles. The van der Waals surface area contributed by atoms with E-state index >= 15 is 0 Å². The lowest BCUT2D eigenvalue weighted by Gasteiger charge is -2.29. The summed E-state index contributed by atoms with van der Waals surface area (Å²) in [4.78, 5) is 13.2. The van der Waals surface area contributed by atoms with Crippen LogP contribution in [0.5, 0.6) is 0 Å². The van der Waals surface area contributed by atoms with Gasteiger partial charge in [0.25, 0.3) is 0 Å². The Labute approximate surface area is 99.8 Å². The first-order chi connectivity index (χ1) is 7.65. The van der Waals surface area contributed by atoms with Crippen LogP contribution in [0, 0.1) is 0 Å². The van der Waals surface area contributed by atoms with Gasteiger partial charge in [-0.25, -0.2) is 0 Å². The first-order valence-corrected chi connectivity index (χ1v) is 6.50. The molecule has 96 valence electrons. The van der Waals surface area contributed by atoms with E-state index < -0.39 is 0 Å². The summed E-state index contributed by atoms with van der Waals surface area (Å²) >= 11 is 0. The first kappa shape index (κ1) is 15.6. The third-order valence-electron chi connectivity index (χ3n) is 3.07. The van der Waals surface area contributed by atoms with Crippen LogP contribution in [-0.4, -0.2) is 41.5 Å². The first-order valence-electron chi connectivity index (χ1n) is 6.50. The third-order valence-corrected chi connectivity index (χ3v) is 3.07. The molecule has 0 aliphatic rings. The zero-order valence-electron chi connectivity index (χ0n) is 11.0. The van der Waals surface area contributed by atoms with Crippen LogP contribution in [0.15, 0.2) is 0 Å². The summed E-state index contributed by atoms with van der Waals surface area (Å²) in [7, 11) is 0. The molecule has 0 spiro atoms. The van der Waals surface area contributed by atoms with Gasteiger partial charge in [-0.3, -0.25) is 4.90 Å². The lowest BCUT2D eigenvalue weighted by atomic mass is 10.1. The fourth-order valence-corrected chi connectivity index (χ4v) is 2.10. The Morgan fingerprint density at radius 3 is 2.25 bits per heavy atom. The third kappa shape index (κ3) is 6.96. The normalized spacial score (nSPS) is 11.4. The lowest BCUT2D eigenvalue weighted by Crippen LogP contribution is -2.37. The van der Waals surface area contributed by atoms with Crippen LogP contribution < -0.4 is 0 Å². The van der Waals surface area contributed by atoms with E-state index in [9.17, 15) is 4.79 Å².